The van der Waals surface area contributed by atoms with Crippen molar-refractivity contribution in [1.82, 2.24) is 20.3 Å². The Morgan fingerprint density at radius 2 is 1.88 bits per heavy atom. The summed E-state index contributed by atoms with van der Waals surface area (Å²) in [5.41, 5.74) is 7.76. The molecule has 10 heteroatoms. The number of aromatic amines is 1. The molecule has 7 heterocycles. The fourth-order valence-corrected chi connectivity index (χ4v) is 8.78. The normalized spacial score (nSPS) is 22.3. The quantitative estimate of drug-likeness (QED) is 0.154. The lowest BCUT2D eigenvalue weighted by Crippen LogP contribution is -2.40. The van der Waals surface area contributed by atoms with E-state index in [1.165, 1.54) is 0 Å². The Bertz CT molecular complexity index is 2520. The Kier molecular flexibility index (Phi) is 6.56. The number of benzene rings is 3. The molecule has 260 valence electrons. The van der Waals surface area contributed by atoms with Gasteiger partial charge in [0.25, 0.3) is 0 Å². The zero-order chi connectivity index (χ0) is 35.5. The van der Waals surface area contributed by atoms with E-state index < -0.39 is 23.6 Å². The third-order valence-corrected chi connectivity index (χ3v) is 11.3. The molecule has 4 aliphatic heterocycles. The molecule has 0 radical (unpaired) electrons. The van der Waals surface area contributed by atoms with Gasteiger partial charge in [-0.1, -0.05) is 69.3 Å². The van der Waals surface area contributed by atoms with E-state index in [2.05, 4.69) is 58.1 Å². The molecule has 10 nitrogen and oxygen atoms in total. The number of anilines is 1. The summed E-state index contributed by atoms with van der Waals surface area (Å²) in [7, 11) is 0. The number of Topliss-reactive ketones (excluding diaryl/α,β-unsaturated/α-hetero) is 1. The number of fused-ring (bicyclic) bond motifs is 7. The Morgan fingerprint density at radius 1 is 1.04 bits per heavy atom. The van der Waals surface area contributed by atoms with Crippen molar-refractivity contribution >= 4 is 28.3 Å². The van der Waals surface area contributed by atoms with Crippen LogP contribution < -0.4 is 15.4 Å². The Labute approximate surface area is 299 Å². The number of aromatic nitrogens is 3. The number of ether oxygens (including phenoxy) is 1. The SMILES string of the molecule is CC/C=C(\C)C(=O)CC1Cc2ccc3c(c2)[C@]24c5cccc(c5NC2O3)-c2cccc3[nH]cc(c23)-c2cnc(o2)-c2nc(oc24)[C@H](C(C)C)NC1=O. The molecule has 10 bridgehead atoms. The molecule has 0 aliphatic carbocycles. The van der Waals surface area contributed by atoms with Gasteiger partial charge in [0, 0.05) is 57.4 Å². The van der Waals surface area contributed by atoms with Gasteiger partial charge >= 0.3 is 0 Å². The first kappa shape index (κ1) is 30.9. The van der Waals surface area contributed by atoms with Crippen LogP contribution in [0.1, 0.15) is 74.9 Å². The zero-order valence-electron chi connectivity index (χ0n) is 29.3. The van der Waals surface area contributed by atoms with E-state index in [1.807, 2.05) is 52.1 Å². The number of para-hydroxylation sites is 1. The second-order valence-electron chi connectivity index (χ2n) is 14.8. The maximum absolute atomic E-state index is 14.3. The zero-order valence-corrected chi connectivity index (χ0v) is 29.3. The van der Waals surface area contributed by atoms with Crippen molar-refractivity contribution in [2.75, 3.05) is 5.32 Å². The Hall–Kier alpha value is -5.90. The maximum Gasteiger partial charge on any atom is 0.249 e. The lowest BCUT2D eigenvalue weighted by Gasteiger charge is -2.28. The number of hydrogen-bond acceptors (Lipinski definition) is 8. The number of H-pyrrole nitrogens is 1. The van der Waals surface area contributed by atoms with E-state index in [1.54, 1.807) is 6.20 Å². The summed E-state index contributed by atoms with van der Waals surface area (Å²) >= 11 is 0. The highest BCUT2D eigenvalue weighted by Crippen LogP contribution is 2.61. The van der Waals surface area contributed by atoms with Crippen LogP contribution in [0.5, 0.6) is 5.75 Å². The number of carbonyl (C=O) groups is 2. The molecule has 10 rings (SSSR count). The van der Waals surface area contributed by atoms with Crippen LogP contribution in [0.3, 0.4) is 0 Å². The second kappa shape index (κ2) is 11.0. The highest BCUT2D eigenvalue weighted by molar-refractivity contribution is 6.07. The van der Waals surface area contributed by atoms with Crippen molar-refractivity contribution in [2.45, 2.75) is 64.6 Å². The summed E-state index contributed by atoms with van der Waals surface area (Å²) < 4.78 is 20.5. The van der Waals surface area contributed by atoms with E-state index in [-0.39, 0.29) is 24.0 Å². The molecule has 1 spiro atoms. The average Bonchev–Trinajstić information content (AvgIpc) is 3.96. The standard InChI is InChI=1S/C42H37N5O5/c1-5-8-21(4)30(48)17-23-15-22-13-14-31-28(16-22)42-27-11-6-10-25(35(27)47-41(42)51-31)24-9-7-12-29-33(24)26(18-43-29)32-19-44-39(50-32)36-37(42)52-40(46-36)34(20(2)3)45-38(23)49/h6-14,16,18-20,23,34,41,43,47H,5,15,17H2,1-4H3,(H,45,49)/b21-8+/t23?,34-,41?,42-/m0/s1. The molecule has 52 heavy (non-hydrogen) atoms. The summed E-state index contributed by atoms with van der Waals surface area (Å²) in [6, 6.07) is 18.1. The molecule has 6 aromatic rings. The highest BCUT2D eigenvalue weighted by Gasteiger charge is 2.61. The van der Waals surface area contributed by atoms with Crippen LogP contribution >= 0.6 is 0 Å². The monoisotopic (exact) mass is 691 g/mol. The van der Waals surface area contributed by atoms with Crippen LogP contribution in [0.2, 0.25) is 0 Å². The van der Waals surface area contributed by atoms with Crippen molar-refractivity contribution in [1.29, 1.82) is 0 Å². The number of nitrogens with zero attached hydrogens (tertiary/aromatic N) is 2. The van der Waals surface area contributed by atoms with Gasteiger partial charge in [0.2, 0.25) is 17.7 Å². The van der Waals surface area contributed by atoms with Crippen molar-refractivity contribution in [3.63, 3.8) is 0 Å². The first-order valence-electron chi connectivity index (χ1n) is 18.0. The van der Waals surface area contributed by atoms with Crippen molar-refractivity contribution < 1.29 is 23.2 Å². The summed E-state index contributed by atoms with van der Waals surface area (Å²) in [5, 5.41) is 8.07. The van der Waals surface area contributed by atoms with Gasteiger partial charge < -0.3 is 29.2 Å². The topological polar surface area (TPSA) is 135 Å². The average molecular weight is 692 g/mol. The summed E-state index contributed by atoms with van der Waals surface area (Å²) in [6.45, 7) is 7.87. The van der Waals surface area contributed by atoms with E-state index in [0.29, 0.717) is 46.7 Å². The molecule has 0 saturated heterocycles. The molecule has 2 unspecified atom stereocenters. The molecule has 4 atom stereocenters. The summed E-state index contributed by atoms with van der Waals surface area (Å²) in [5.74, 6) is 1.49. The minimum atomic E-state index is -1.00. The van der Waals surface area contributed by atoms with Gasteiger partial charge in [-0.15, -0.1) is 0 Å². The van der Waals surface area contributed by atoms with Gasteiger partial charge in [0.1, 0.15) is 17.2 Å². The van der Waals surface area contributed by atoms with Gasteiger partial charge in [-0.3, -0.25) is 9.59 Å². The van der Waals surface area contributed by atoms with Gasteiger partial charge in [0.15, 0.2) is 29.2 Å². The first-order chi connectivity index (χ1) is 25.3. The number of ketones is 1. The third-order valence-electron chi connectivity index (χ3n) is 11.3. The number of amides is 1. The Balaban J connectivity index is 1.28. The number of hydrogen-bond donors (Lipinski definition) is 3. The minimum Gasteiger partial charge on any atom is -0.469 e. The fourth-order valence-electron chi connectivity index (χ4n) is 8.78. The smallest absolute Gasteiger partial charge is 0.249 e. The summed E-state index contributed by atoms with van der Waals surface area (Å²) in [6.07, 6.45) is 6.21. The molecule has 4 aliphatic rings. The molecule has 3 aromatic heterocycles. The lowest BCUT2D eigenvalue weighted by molar-refractivity contribution is -0.129. The van der Waals surface area contributed by atoms with E-state index in [9.17, 15) is 9.59 Å². The van der Waals surface area contributed by atoms with Crippen molar-refractivity contribution in [3.8, 4) is 39.8 Å². The number of oxazole rings is 2. The number of rotatable bonds is 5. The van der Waals surface area contributed by atoms with Crippen LogP contribution in [-0.2, 0) is 21.4 Å². The van der Waals surface area contributed by atoms with Gasteiger partial charge in [-0.25, -0.2) is 9.97 Å². The van der Waals surface area contributed by atoms with E-state index in [4.69, 9.17) is 23.5 Å². The molecule has 3 aromatic carbocycles. The number of carbonyl (C=O) groups excluding carboxylic acids is 2. The molecular formula is C42H37N5O5. The van der Waals surface area contributed by atoms with Crippen molar-refractivity contribution in [2.24, 2.45) is 11.8 Å². The predicted molar refractivity (Wildman–Crippen MR) is 196 cm³/mol. The Morgan fingerprint density at radius 3 is 2.73 bits per heavy atom. The first-order valence-corrected chi connectivity index (χ1v) is 18.0. The van der Waals surface area contributed by atoms with Crippen LogP contribution in [0, 0.1) is 11.8 Å². The molecule has 0 fully saturated rings. The van der Waals surface area contributed by atoms with E-state index >= 15 is 0 Å². The largest absolute Gasteiger partial charge is 0.469 e. The van der Waals surface area contributed by atoms with E-state index in [0.717, 1.165) is 56.4 Å². The third kappa shape index (κ3) is 4.17. The fraction of sp³-hybridized carbons (Fsp3) is 0.286. The van der Waals surface area contributed by atoms with Crippen LogP contribution in [0.15, 0.2) is 87.5 Å². The highest BCUT2D eigenvalue weighted by atomic mass is 16.5. The molecular weight excluding hydrogens is 654 g/mol. The second-order valence-corrected chi connectivity index (χ2v) is 14.8. The van der Waals surface area contributed by atoms with Gasteiger partial charge in [-0.2, -0.15) is 0 Å². The molecule has 1 amide bonds. The number of allylic oxidation sites excluding steroid dienone is 2. The minimum absolute atomic E-state index is 0.0381. The van der Waals surface area contributed by atoms with Crippen LogP contribution in [0.25, 0.3) is 44.9 Å². The van der Waals surface area contributed by atoms with Crippen LogP contribution in [0.4, 0.5) is 5.69 Å². The predicted octanol–water partition coefficient (Wildman–Crippen LogP) is 8.24. The lowest BCUT2D eigenvalue weighted by atomic mass is 9.72. The summed E-state index contributed by atoms with van der Waals surface area (Å²) in [4.78, 5) is 41.1. The van der Waals surface area contributed by atoms with Crippen LogP contribution in [-0.4, -0.2) is 32.9 Å². The van der Waals surface area contributed by atoms with Crippen molar-refractivity contribution in [3.05, 3.63) is 107 Å². The number of nitrogens with one attached hydrogen (secondary N) is 3. The van der Waals surface area contributed by atoms with Gasteiger partial charge in [-0.05, 0) is 54.5 Å². The molecule has 3 N–H and O–H groups in total. The van der Waals surface area contributed by atoms with Gasteiger partial charge in [0.05, 0.1) is 6.20 Å². The molecule has 0 saturated carbocycles. The maximum atomic E-state index is 14.3.